The van der Waals surface area contributed by atoms with E-state index in [4.69, 9.17) is 9.47 Å². The van der Waals surface area contributed by atoms with Crippen molar-refractivity contribution in [3.05, 3.63) is 41.9 Å². The molecule has 6 heteroatoms. The van der Waals surface area contributed by atoms with Gasteiger partial charge in [0.2, 0.25) is 11.8 Å². The largest absolute Gasteiger partial charge is 0.497 e. The van der Waals surface area contributed by atoms with Crippen LogP contribution >= 0.6 is 0 Å². The molecule has 0 N–H and O–H groups in total. The number of hydrogen-bond acceptors (Lipinski definition) is 5. The van der Waals surface area contributed by atoms with Crippen molar-refractivity contribution in [2.75, 3.05) is 20.2 Å². The van der Waals surface area contributed by atoms with Crippen molar-refractivity contribution in [2.45, 2.75) is 32.1 Å². The molecule has 1 aliphatic heterocycles. The van der Waals surface area contributed by atoms with E-state index in [9.17, 15) is 4.79 Å². The third kappa shape index (κ3) is 3.64. The van der Waals surface area contributed by atoms with Crippen LogP contribution in [-0.4, -0.2) is 41.0 Å². The fourth-order valence-electron chi connectivity index (χ4n) is 3.34. The number of carbonyl (C=O) groups is 1. The van der Waals surface area contributed by atoms with Gasteiger partial charge >= 0.3 is 0 Å². The third-order valence-corrected chi connectivity index (χ3v) is 4.90. The Morgan fingerprint density at radius 1 is 1.15 bits per heavy atom. The van der Waals surface area contributed by atoms with Crippen LogP contribution in [0.2, 0.25) is 0 Å². The summed E-state index contributed by atoms with van der Waals surface area (Å²) in [5.41, 5.74) is 0.861. The maximum atomic E-state index is 12.3. The van der Waals surface area contributed by atoms with E-state index in [0.717, 1.165) is 43.1 Å². The van der Waals surface area contributed by atoms with Gasteiger partial charge in [-0.15, -0.1) is 0 Å². The average molecular weight is 353 g/mol. The van der Waals surface area contributed by atoms with Gasteiger partial charge in [0.1, 0.15) is 17.3 Å². The number of aryl methyl sites for hydroxylation is 1. The lowest BCUT2D eigenvalue weighted by molar-refractivity contribution is -0.131. The highest BCUT2D eigenvalue weighted by Crippen LogP contribution is 2.35. The topological polar surface area (TPSA) is 64.6 Å². The number of amides is 1. The zero-order valence-electron chi connectivity index (χ0n) is 15.1. The molecule has 0 spiro atoms. The Labute approximate surface area is 153 Å². The molecule has 1 aromatic heterocycles. The minimum atomic E-state index is 0.172. The molecule has 2 aliphatic rings. The van der Waals surface area contributed by atoms with Gasteiger partial charge in [0.25, 0.3) is 0 Å². The van der Waals surface area contributed by atoms with Gasteiger partial charge in [0.15, 0.2) is 0 Å². The Kier molecular flexibility index (Phi) is 4.49. The van der Waals surface area contributed by atoms with Crippen molar-refractivity contribution in [3.8, 4) is 17.4 Å². The number of methoxy groups -OCH3 is 1. The van der Waals surface area contributed by atoms with Gasteiger partial charge in [-0.05, 0) is 38.3 Å². The van der Waals surface area contributed by atoms with Gasteiger partial charge in [0, 0.05) is 42.8 Å². The molecule has 136 valence electrons. The summed E-state index contributed by atoms with van der Waals surface area (Å²) in [6.07, 6.45) is 2.99. The van der Waals surface area contributed by atoms with Gasteiger partial charge in [-0.3, -0.25) is 4.79 Å². The molecule has 1 amide bonds. The molecule has 2 aromatic rings. The molecule has 1 aromatic carbocycles. The fraction of sp³-hybridized carbons (Fsp3) is 0.450. The minimum Gasteiger partial charge on any atom is -0.497 e. The summed E-state index contributed by atoms with van der Waals surface area (Å²) >= 11 is 0. The standard InChI is InChI=1S/C20H23N3O3/c1-13-10-18(26-17-5-3-4-16(11-17)25-2)22-19(21-13)15-8-9-23(12-15)20(24)14-6-7-14/h3-5,10-11,14-15H,6-9,12H2,1-2H3/t15-/m1/s1. The van der Waals surface area contributed by atoms with Crippen LogP contribution in [0.4, 0.5) is 0 Å². The highest BCUT2D eigenvalue weighted by atomic mass is 16.5. The first-order valence-electron chi connectivity index (χ1n) is 9.08. The summed E-state index contributed by atoms with van der Waals surface area (Å²) in [5, 5.41) is 0. The molecule has 4 rings (SSSR count). The maximum Gasteiger partial charge on any atom is 0.225 e. The van der Waals surface area contributed by atoms with Crippen LogP contribution < -0.4 is 9.47 Å². The Morgan fingerprint density at radius 3 is 2.73 bits per heavy atom. The molecular formula is C20H23N3O3. The Morgan fingerprint density at radius 2 is 1.96 bits per heavy atom. The molecule has 1 saturated heterocycles. The van der Waals surface area contributed by atoms with Crippen LogP contribution in [0, 0.1) is 12.8 Å². The molecule has 1 atom stereocenters. The second kappa shape index (κ2) is 6.94. The van der Waals surface area contributed by atoms with Crippen molar-refractivity contribution in [3.63, 3.8) is 0 Å². The van der Waals surface area contributed by atoms with Crippen LogP contribution in [-0.2, 0) is 4.79 Å². The van der Waals surface area contributed by atoms with E-state index in [1.165, 1.54) is 0 Å². The highest BCUT2D eigenvalue weighted by Gasteiger charge is 2.37. The molecular weight excluding hydrogens is 330 g/mol. The first-order valence-corrected chi connectivity index (χ1v) is 9.08. The Hall–Kier alpha value is -2.63. The van der Waals surface area contributed by atoms with Gasteiger partial charge < -0.3 is 14.4 Å². The van der Waals surface area contributed by atoms with Crippen LogP contribution in [0.15, 0.2) is 30.3 Å². The van der Waals surface area contributed by atoms with E-state index >= 15 is 0 Å². The van der Waals surface area contributed by atoms with E-state index in [0.29, 0.717) is 24.1 Å². The maximum absolute atomic E-state index is 12.3. The normalized spacial score (nSPS) is 19.5. The van der Waals surface area contributed by atoms with Gasteiger partial charge in [-0.2, -0.15) is 4.98 Å². The molecule has 2 fully saturated rings. The van der Waals surface area contributed by atoms with Gasteiger partial charge in [-0.25, -0.2) is 4.98 Å². The van der Waals surface area contributed by atoms with E-state index in [-0.39, 0.29) is 11.8 Å². The molecule has 0 unspecified atom stereocenters. The summed E-state index contributed by atoms with van der Waals surface area (Å²) in [5.74, 6) is 3.42. The summed E-state index contributed by atoms with van der Waals surface area (Å²) in [6, 6.07) is 9.26. The van der Waals surface area contributed by atoms with Crippen molar-refractivity contribution in [2.24, 2.45) is 5.92 Å². The number of aromatic nitrogens is 2. The lowest BCUT2D eigenvalue weighted by Gasteiger charge is -2.16. The van der Waals surface area contributed by atoms with Crippen LogP contribution in [0.5, 0.6) is 17.4 Å². The molecule has 1 aliphatic carbocycles. The van der Waals surface area contributed by atoms with Gasteiger partial charge in [0.05, 0.1) is 7.11 Å². The molecule has 0 bridgehead atoms. The van der Waals surface area contributed by atoms with Crippen molar-refractivity contribution < 1.29 is 14.3 Å². The number of ether oxygens (including phenoxy) is 2. The monoisotopic (exact) mass is 353 g/mol. The second-order valence-corrected chi connectivity index (χ2v) is 7.03. The summed E-state index contributed by atoms with van der Waals surface area (Å²) < 4.78 is 11.1. The van der Waals surface area contributed by atoms with Crippen molar-refractivity contribution in [1.82, 2.24) is 14.9 Å². The van der Waals surface area contributed by atoms with E-state index in [2.05, 4.69) is 9.97 Å². The summed E-state index contributed by atoms with van der Waals surface area (Å²) in [7, 11) is 1.63. The van der Waals surface area contributed by atoms with Gasteiger partial charge in [-0.1, -0.05) is 6.07 Å². The second-order valence-electron chi connectivity index (χ2n) is 7.03. The molecule has 0 radical (unpaired) electrons. The van der Waals surface area contributed by atoms with E-state index in [1.807, 2.05) is 42.2 Å². The fourth-order valence-corrected chi connectivity index (χ4v) is 3.34. The molecule has 2 heterocycles. The number of rotatable bonds is 5. The number of benzene rings is 1. The van der Waals surface area contributed by atoms with E-state index < -0.39 is 0 Å². The molecule has 1 saturated carbocycles. The van der Waals surface area contributed by atoms with Crippen molar-refractivity contribution >= 4 is 5.91 Å². The third-order valence-electron chi connectivity index (χ3n) is 4.90. The van der Waals surface area contributed by atoms with Crippen LogP contribution in [0.1, 0.15) is 36.7 Å². The van der Waals surface area contributed by atoms with E-state index in [1.54, 1.807) is 7.11 Å². The number of hydrogen-bond donors (Lipinski definition) is 0. The first-order chi connectivity index (χ1) is 12.6. The summed E-state index contributed by atoms with van der Waals surface area (Å²) in [4.78, 5) is 23.4. The molecule has 6 nitrogen and oxygen atoms in total. The van der Waals surface area contributed by atoms with Crippen LogP contribution in [0.25, 0.3) is 0 Å². The highest BCUT2D eigenvalue weighted by molar-refractivity contribution is 5.81. The van der Waals surface area contributed by atoms with Crippen molar-refractivity contribution in [1.29, 1.82) is 0 Å². The predicted octanol–water partition coefficient (Wildman–Crippen LogP) is 3.31. The van der Waals surface area contributed by atoms with Crippen LogP contribution in [0.3, 0.4) is 0 Å². The summed E-state index contributed by atoms with van der Waals surface area (Å²) in [6.45, 7) is 3.44. The Bertz CT molecular complexity index is 820. The average Bonchev–Trinajstić information content (AvgIpc) is 3.37. The lowest BCUT2D eigenvalue weighted by Crippen LogP contribution is -2.29. The smallest absolute Gasteiger partial charge is 0.225 e. The number of carbonyl (C=O) groups excluding carboxylic acids is 1. The molecule has 26 heavy (non-hydrogen) atoms. The number of likely N-dealkylation sites (tertiary alicyclic amines) is 1. The minimum absolute atomic E-state index is 0.172. The zero-order valence-corrected chi connectivity index (χ0v) is 15.1. The quantitative estimate of drug-likeness (QED) is 0.825. The first kappa shape index (κ1) is 16.8. The SMILES string of the molecule is COc1cccc(Oc2cc(C)nc([C@@H]3CCN(C(=O)C4CC4)C3)n2)c1. The predicted molar refractivity (Wildman–Crippen MR) is 96.5 cm³/mol. The zero-order chi connectivity index (χ0) is 18.1. The Balaban J connectivity index is 1.50. The lowest BCUT2D eigenvalue weighted by atomic mass is 10.1. The number of nitrogens with zero attached hydrogens (tertiary/aromatic N) is 3.